The number of ether oxygens (including phenoxy) is 1. The number of methoxy groups -OCH3 is 1. The van der Waals surface area contributed by atoms with Crippen LogP contribution in [0.5, 0.6) is 0 Å². The zero-order valence-electron chi connectivity index (χ0n) is 18.4. The first-order valence-corrected chi connectivity index (χ1v) is 10.2. The Labute approximate surface area is 182 Å². The minimum absolute atomic E-state index is 0.378. The van der Waals surface area contributed by atoms with Crippen LogP contribution in [0.2, 0.25) is 0 Å². The summed E-state index contributed by atoms with van der Waals surface area (Å²) >= 11 is 0. The van der Waals surface area contributed by atoms with E-state index in [1.807, 2.05) is 70.2 Å². The monoisotopic (exact) mass is 416 g/mol. The van der Waals surface area contributed by atoms with E-state index < -0.39 is 18.3 Å². The van der Waals surface area contributed by atoms with E-state index in [1.165, 1.54) is 7.11 Å². The van der Waals surface area contributed by atoms with Crippen molar-refractivity contribution in [2.45, 2.75) is 38.9 Å². The molecule has 0 spiro atoms. The highest BCUT2D eigenvalue weighted by molar-refractivity contribution is 6.64. The first-order valence-electron chi connectivity index (χ1n) is 10.2. The fraction of sp³-hybridized carbons (Fsp3) is 0.292. The topological polar surface area (TPSA) is 70.5 Å². The molecule has 0 N–H and O–H groups in total. The molecule has 0 bridgehead atoms. The fourth-order valence-corrected chi connectivity index (χ4v) is 3.56. The molecule has 0 saturated carbocycles. The predicted molar refractivity (Wildman–Crippen MR) is 120 cm³/mol. The lowest BCUT2D eigenvalue weighted by atomic mass is 9.74. The molecule has 3 aromatic rings. The van der Waals surface area contributed by atoms with Crippen LogP contribution in [0.3, 0.4) is 0 Å². The van der Waals surface area contributed by atoms with Gasteiger partial charge < -0.3 is 14.0 Å². The largest absolute Gasteiger partial charge is 0.495 e. The van der Waals surface area contributed by atoms with E-state index in [9.17, 15) is 4.79 Å². The van der Waals surface area contributed by atoms with Gasteiger partial charge in [-0.05, 0) is 56.9 Å². The Kier molecular flexibility index (Phi) is 5.41. The highest BCUT2D eigenvalue weighted by atomic mass is 16.7. The van der Waals surface area contributed by atoms with Crippen LogP contribution in [0.25, 0.3) is 22.4 Å². The maximum atomic E-state index is 11.8. The van der Waals surface area contributed by atoms with E-state index in [1.54, 1.807) is 18.3 Å². The molecule has 1 fully saturated rings. The van der Waals surface area contributed by atoms with Gasteiger partial charge in [0, 0.05) is 11.1 Å². The Morgan fingerprint density at radius 1 is 0.903 bits per heavy atom. The molecule has 2 aromatic carbocycles. The summed E-state index contributed by atoms with van der Waals surface area (Å²) in [6, 6.07) is 17.1. The Bertz CT molecular complexity index is 1100. The molecule has 1 aliphatic rings. The number of benzene rings is 2. The van der Waals surface area contributed by atoms with Crippen LogP contribution in [0, 0.1) is 0 Å². The lowest BCUT2D eigenvalue weighted by molar-refractivity contribution is 0.00578. The average molecular weight is 416 g/mol. The minimum Gasteiger partial charge on any atom is -0.465 e. The van der Waals surface area contributed by atoms with Crippen LogP contribution in [0.1, 0.15) is 38.1 Å². The van der Waals surface area contributed by atoms with Crippen molar-refractivity contribution in [3.8, 4) is 22.4 Å². The van der Waals surface area contributed by atoms with Crippen molar-refractivity contribution >= 4 is 18.6 Å². The second kappa shape index (κ2) is 7.91. The summed E-state index contributed by atoms with van der Waals surface area (Å²) in [6.07, 6.45) is 1.67. The molecule has 0 atom stereocenters. The number of esters is 1. The van der Waals surface area contributed by atoms with Crippen LogP contribution in [0.4, 0.5) is 0 Å². The summed E-state index contributed by atoms with van der Waals surface area (Å²) in [7, 11) is 0.868. The smallest absolute Gasteiger partial charge is 0.465 e. The van der Waals surface area contributed by atoms with Gasteiger partial charge >= 0.3 is 13.1 Å². The first-order chi connectivity index (χ1) is 14.7. The molecule has 7 heteroatoms. The third-order valence-corrected chi connectivity index (χ3v) is 6.06. The van der Waals surface area contributed by atoms with E-state index >= 15 is 0 Å². The quantitative estimate of drug-likeness (QED) is 0.475. The minimum atomic E-state index is -0.496. The second-order valence-electron chi connectivity index (χ2n) is 8.54. The summed E-state index contributed by atoms with van der Waals surface area (Å²) in [5.74, 6) is -0.378. The van der Waals surface area contributed by atoms with E-state index in [4.69, 9.17) is 14.0 Å². The fourth-order valence-electron chi connectivity index (χ4n) is 3.56. The lowest BCUT2D eigenvalue weighted by Gasteiger charge is -2.32. The van der Waals surface area contributed by atoms with E-state index in [2.05, 4.69) is 10.2 Å². The van der Waals surface area contributed by atoms with Gasteiger partial charge in [-0.3, -0.25) is 0 Å². The Hall–Kier alpha value is -3.03. The van der Waals surface area contributed by atoms with Crippen molar-refractivity contribution in [3.63, 3.8) is 0 Å². The van der Waals surface area contributed by atoms with Gasteiger partial charge in [-0.25, -0.2) is 4.79 Å². The van der Waals surface area contributed by atoms with Gasteiger partial charge in [-0.1, -0.05) is 36.4 Å². The lowest BCUT2D eigenvalue weighted by Crippen LogP contribution is -2.41. The van der Waals surface area contributed by atoms with Gasteiger partial charge in [0.1, 0.15) is 5.69 Å². The third kappa shape index (κ3) is 3.87. The third-order valence-electron chi connectivity index (χ3n) is 6.06. The van der Waals surface area contributed by atoms with Crippen molar-refractivity contribution in [3.05, 3.63) is 66.4 Å². The van der Waals surface area contributed by atoms with Gasteiger partial charge in [0.2, 0.25) is 0 Å². The number of hydrogen-bond acceptors (Lipinski definition) is 6. The molecule has 0 amide bonds. The molecule has 4 rings (SSSR count). The SMILES string of the molecule is COC(=O)c1ccc(-c2nnccc2-c2ccccc2B2OC(C)(C)C(C)(C)O2)cc1. The summed E-state index contributed by atoms with van der Waals surface area (Å²) in [4.78, 5) is 11.8. The summed E-state index contributed by atoms with van der Waals surface area (Å²) in [6.45, 7) is 8.16. The van der Waals surface area contributed by atoms with Crippen molar-refractivity contribution < 1.29 is 18.8 Å². The highest BCUT2D eigenvalue weighted by Crippen LogP contribution is 2.38. The van der Waals surface area contributed by atoms with Crippen molar-refractivity contribution in [1.29, 1.82) is 0 Å². The van der Waals surface area contributed by atoms with E-state index in [0.717, 1.165) is 22.2 Å². The molecule has 1 aliphatic heterocycles. The zero-order valence-corrected chi connectivity index (χ0v) is 18.4. The van der Waals surface area contributed by atoms with E-state index in [0.29, 0.717) is 11.3 Å². The molecule has 158 valence electrons. The predicted octanol–water partition coefficient (Wildman–Crippen LogP) is 3.90. The number of nitrogens with zero attached hydrogens (tertiary/aromatic N) is 2. The standard InChI is InChI=1S/C24H25BN2O4/c1-23(2)24(3,4)31-25(30-23)20-9-7-6-8-18(20)19-14-15-26-27-21(19)16-10-12-17(13-11-16)22(28)29-5/h6-15H,1-5H3. The Morgan fingerprint density at radius 3 is 2.19 bits per heavy atom. The molecular formula is C24H25BN2O4. The molecule has 31 heavy (non-hydrogen) atoms. The number of hydrogen-bond donors (Lipinski definition) is 0. The average Bonchev–Trinajstić information content (AvgIpc) is 3.00. The van der Waals surface area contributed by atoms with Gasteiger partial charge in [0.15, 0.2) is 0 Å². The van der Waals surface area contributed by atoms with Crippen LogP contribution in [-0.2, 0) is 14.0 Å². The van der Waals surface area contributed by atoms with Gasteiger partial charge in [-0.2, -0.15) is 5.10 Å². The van der Waals surface area contributed by atoms with Gasteiger partial charge in [0.25, 0.3) is 0 Å². The molecule has 1 saturated heterocycles. The number of rotatable bonds is 4. The van der Waals surface area contributed by atoms with Crippen molar-refractivity contribution in [2.24, 2.45) is 0 Å². The molecular weight excluding hydrogens is 391 g/mol. The number of aromatic nitrogens is 2. The second-order valence-corrected chi connectivity index (χ2v) is 8.54. The summed E-state index contributed by atoms with van der Waals surface area (Å²) in [5, 5.41) is 8.49. The van der Waals surface area contributed by atoms with Crippen molar-refractivity contribution in [2.75, 3.05) is 7.11 Å². The van der Waals surface area contributed by atoms with Crippen LogP contribution < -0.4 is 5.46 Å². The molecule has 1 aromatic heterocycles. The Morgan fingerprint density at radius 2 is 1.55 bits per heavy atom. The van der Waals surface area contributed by atoms with Gasteiger partial charge in [0.05, 0.1) is 30.1 Å². The molecule has 0 unspecified atom stereocenters. The maximum absolute atomic E-state index is 11.8. The van der Waals surface area contributed by atoms with Crippen LogP contribution in [-0.4, -0.2) is 41.6 Å². The number of carbonyl (C=O) groups is 1. The summed E-state index contributed by atoms with van der Waals surface area (Å²) < 4.78 is 17.4. The van der Waals surface area contributed by atoms with Crippen LogP contribution in [0.15, 0.2) is 60.8 Å². The van der Waals surface area contributed by atoms with Crippen LogP contribution >= 0.6 is 0 Å². The molecule has 6 nitrogen and oxygen atoms in total. The zero-order chi connectivity index (χ0) is 22.2. The van der Waals surface area contributed by atoms with E-state index in [-0.39, 0.29) is 5.97 Å². The Balaban J connectivity index is 1.77. The molecule has 0 aliphatic carbocycles. The first kappa shape index (κ1) is 21.2. The van der Waals surface area contributed by atoms with Crippen molar-refractivity contribution in [1.82, 2.24) is 10.2 Å². The van der Waals surface area contributed by atoms with Gasteiger partial charge in [-0.15, -0.1) is 5.10 Å². The highest BCUT2D eigenvalue weighted by Gasteiger charge is 2.52. The molecule has 0 radical (unpaired) electrons. The summed E-state index contributed by atoms with van der Waals surface area (Å²) in [5.41, 5.74) is 3.97. The number of carbonyl (C=O) groups excluding carboxylic acids is 1. The normalized spacial score (nSPS) is 16.9. The maximum Gasteiger partial charge on any atom is 0.495 e. The molecule has 2 heterocycles.